The van der Waals surface area contributed by atoms with Crippen LogP contribution in [0.15, 0.2) is 18.2 Å². The van der Waals surface area contributed by atoms with Gasteiger partial charge in [-0.05, 0) is 25.0 Å². The van der Waals surface area contributed by atoms with E-state index in [0.717, 1.165) is 12.8 Å². The quantitative estimate of drug-likeness (QED) is 0.409. The Morgan fingerprint density at radius 3 is 2.75 bits per heavy atom. The molecule has 0 bridgehead atoms. The van der Waals surface area contributed by atoms with Gasteiger partial charge in [0.2, 0.25) is 5.91 Å². The van der Waals surface area contributed by atoms with Gasteiger partial charge >= 0.3 is 5.97 Å². The molecule has 0 radical (unpaired) electrons. The van der Waals surface area contributed by atoms with E-state index in [9.17, 15) is 9.59 Å². The van der Waals surface area contributed by atoms with Gasteiger partial charge in [0, 0.05) is 19.0 Å². The summed E-state index contributed by atoms with van der Waals surface area (Å²) in [5.74, 6) is -0.140. The first-order valence-corrected chi connectivity index (χ1v) is 6.62. The van der Waals surface area contributed by atoms with Crippen LogP contribution >= 0.6 is 0 Å². The van der Waals surface area contributed by atoms with Crippen LogP contribution in [0.1, 0.15) is 23.2 Å². The summed E-state index contributed by atoms with van der Waals surface area (Å²) in [4.78, 5) is 22.9. The van der Waals surface area contributed by atoms with Crippen molar-refractivity contribution in [2.24, 2.45) is 5.92 Å². The zero-order chi connectivity index (χ0) is 14.5. The zero-order valence-electron chi connectivity index (χ0n) is 11.4. The second-order valence-corrected chi connectivity index (χ2v) is 4.75. The first-order valence-electron chi connectivity index (χ1n) is 6.62. The number of methoxy groups -OCH3 is 1. The van der Waals surface area contributed by atoms with Crippen LogP contribution in [0.3, 0.4) is 0 Å². The fraction of sp³-hybridized carbons (Fsp3) is 0.429. The number of carbonyl (C=O) groups is 2. The molecule has 0 saturated heterocycles. The van der Waals surface area contributed by atoms with Crippen molar-refractivity contribution in [2.45, 2.75) is 12.8 Å². The number of ether oxygens (including phenoxy) is 1. The van der Waals surface area contributed by atoms with Crippen molar-refractivity contribution in [1.29, 1.82) is 0 Å². The van der Waals surface area contributed by atoms with Crippen molar-refractivity contribution in [2.75, 3.05) is 31.2 Å². The monoisotopic (exact) mass is 277 g/mol. The summed E-state index contributed by atoms with van der Waals surface area (Å²) in [6, 6.07) is 5.12. The maximum Gasteiger partial charge on any atom is 0.340 e. The second-order valence-electron chi connectivity index (χ2n) is 4.75. The van der Waals surface area contributed by atoms with Crippen LogP contribution in [0.25, 0.3) is 0 Å². The summed E-state index contributed by atoms with van der Waals surface area (Å²) < 4.78 is 4.66. The predicted molar refractivity (Wildman–Crippen MR) is 76.4 cm³/mol. The number of para-hydroxylation sites is 1. The lowest BCUT2D eigenvalue weighted by atomic mass is 10.1. The highest BCUT2D eigenvalue weighted by Crippen LogP contribution is 2.28. The molecule has 1 saturated carbocycles. The average molecular weight is 277 g/mol. The molecule has 20 heavy (non-hydrogen) atoms. The van der Waals surface area contributed by atoms with Crippen LogP contribution in [0.5, 0.6) is 0 Å². The minimum Gasteiger partial charge on any atom is -0.465 e. The molecule has 0 spiro atoms. The molecule has 1 aliphatic rings. The molecule has 1 amide bonds. The van der Waals surface area contributed by atoms with Gasteiger partial charge in [-0.1, -0.05) is 6.07 Å². The Kier molecular flexibility index (Phi) is 4.45. The van der Waals surface area contributed by atoms with Gasteiger partial charge in [0.1, 0.15) is 0 Å². The van der Waals surface area contributed by atoms with Crippen LogP contribution in [0.2, 0.25) is 0 Å². The highest BCUT2D eigenvalue weighted by Gasteiger charge is 2.28. The van der Waals surface area contributed by atoms with E-state index in [1.807, 2.05) is 0 Å². The van der Waals surface area contributed by atoms with Crippen molar-refractivity contribution in [3.63, 3.8) is 0 Å². The topological polar surface area (TPSA) is 93.5 Å². The SMILES string of the molecule is COC(=O)c1cccc(NCCNC(=O)C2CC2)c1N. The Bertz CT molecular complexity index is 512. The van der Waals surface area contributed by atoms with E-state index in [1.54, 1.807) is 18.2 Å². The van der Waals surface area contributed by atoms with Crippen molar-refractivity contribution >= 4 is 23.3 Å². The fourth-order valence-corrected chi connectivity index (χ4v) is 1.88. The van der Waals surface area contributed by atoms with E-state index in [-0.39, 0.29) is 11.8 Å². The van der Waals surface area contributed by atoms with Gasteiger partial charge in [-0.15, -0.1) is 0 Å². The van der Waals surface area contributed by atoms with E-state index in [4.69, 9.17) is 5.73 Å². The Balaban J connectivity index is 1.85. The molecule has 1 fully saturated rings. The van der Waals surface area contributed by atoms with E-state index in [1.165, 1.54) is 7.11 Å². The molecular weight excluding hydrogens is 258 g/mol. The summed E-state index contributed by atoms with van der Waals surface area (Å²) in [5.41, 5.74) is 7.26. The summed E-state index contributed by atoms with van der Waals surface area (Å²) in [6.07, 6.45) is 1.99. The van der Waals surface area contributed by atoms with Gasteiger partial charge < -0.3 is 21.1 Å². The lowest BCUT2D eigenvalue weighted by Crippen LogP contribution is -2.30. The third-order valence-electron chi connectivity index (χ3n) is 3.20. The molecule has 1 aliphatic carbocycles. The van der Waals surface area contributed by atoms with Gasteiger partial charge in [0.05, 0.1) is 24.0 Å². The second kappa shape index (κ2) is 6.27. The van der Waals surface area contributed by atoms with Crippen LogP contribution in [0.4, 0.5) is 11.4 Å². The molecule has 1 aromatic rings. The number of benzene rings is 1. The largest absolute Gasteiger partial charge is 0.465 e. The summed E-state index contributed by atoms with van der Waals surface area (Å²) in [6.45, 7) is 1.07. The molecule has 108 valence electrons. The standard InChI is InChI=1S/C14H19N3O3/c1-20-14(19)10-3-2-4-11(12(10)15)16-7-8-17-13(18)9-5-6-9/h2-4,9,16H,5-8,15H2,1H3,(H,17,18). The number of carbonyl (C=O) groups excluding carboxylic acids is 2. The molecule has 4 N–H and O–H groups in total. The number of hydrogen-bond acceptors (Lipinski definition) is 5. The number of hydrogen-bond donors (Lipinski definition) is 3. The molecule has 0 heterocycles. The molecule has 6 nitrogen and oxygen atoms in total. The van der Waals surface area contributed by atoms with E-state index in [2.05, 4.69) is 15.4 Å². The van der Waals surface area contributed by atoms with Crippen molar-refractivity contribution in [1.82, 2.24) is 5.32 Å². The summed E-state index contributed by atoms with van der Waals surface area (Å²) in [7, 11) is 1.31. The van der Waals surface area contributed by atoms with Gasteiger partial charge in [0.25, 0.3) is 0 Å². The third kappa shape index (κ3) is 3.40. The fourth-order valence-electron chi connectivity index (χ4n) is 1.88. The van der Waals surface area contributed by atoms with Gasteiger partial charge in [-0.2, -0.15) is 0 Å². The molecule has 0 atom stereocenters. The van der Waals surface area contributed by atoms with Crippen LogP contribution in [0, 0.1) is 5.92 Å². The van der Waals surface area contributed by atoms with Crippen molar-refractivity contribution in [3.8, 4) is 0 Å². The van der Waals surface area contributed by atoms with E-state index < -0.39 is 5.97 Å². The normalized spacial score (nSPS) is 13.7. The Morgan fingerprint density at radius 2 is 2.10 bits per heavy atom. The zero-order valence-corrected chi connectivity index (χ0v) is 11.4. The molecule has 6 heteroatoms. The molecule has 0 aromatic heterocycles. The van der Waals surface area contributed by atoms with Crippen LogP contribution in [-0.4, -0.2) is 32.1 Å². The molecule has 1 aromatic carbocycles. The lowest BCUT2D eigenvalue weighted by molar-refractivity contribution is -0.122. The maximum atomic E-state index is 11.5. The highest BCUT2D eigenvalue weighted by molar-refractivity contribution is 5.98. The molecule has 0 aliphatic heterocycles. The Hall–Kier alpha value is -2.24. The van der Waals surface area contributed by atoms with Gasteiger partial charge in [-0.25, -0.2) is 4.79 Å². The minimum absolute atomic E-state index is 0.114. The third-order valence-corrected chi connectivity index (χ3v) is 3.20. The summed E-state index contributed by atoms with van der Waals surface area (Å²) >= 11 is 0. The Morgan fingerprint density at radius 1 is 1.35 bits per heavy atom. The first kappa shape index (κ1) is 14.2. The average Bonchev–Trinajstić information content (AvgIpc) is 3.28. The van der Waals surface area contributed by atoms with E-state index in [0.29, 0.717) is 30.0 Å². The summed E-state index contributed by atoms with van der Waals surface area (Å²) in [5, 5.41) is 5.95. The van der Waals surface area contributed by atoms with Gasteiger partial charge in [0.15, 0.2) is 0 Å². The van der Waals surface area contributed by atoms with Crippen molar-refractivity contribution < 1.29 is 14.3 Å². The van der Waals surface area contributed by atoms with Gasteiger partial charge in [-0.3, -0.25) is 4.79 Å². The highest BCUT2D eigenvalue weighted by atomic mass is 16.5. The molecular formula is C14H19N3O3. The number of rotatable bonds is 6. The van der Waals surface area contributed by atoms with Crippen LogP contribution in [-0.2, 0) is 9.53 Å². The number of esters is 1. The number of amides is 1. The minimum atomic E-state index is -0.465. The van der Waals surface area contributed by atoms with E-state index >= 15 is 0 Å². The molecule has 2 rings (SSSR count). The number of nitrogens with one attached hydrogen (secondary N) is 2. The first-order chi connectivity index (χ1) is 9.63. The Labute approximate surface area is 117 Å². The maximum absolute atomic E-state index is 11.5. The number of anilines is 2. The smallest absolute Gasteiger partial charge is 0.340 e. The van der Waals surface area contributed by atoms with Crippen molar-refractivity contribution in [3.05, 3.63) is 23.8 Å². The lowest BCUT2D eigenvalue weighted by Gasteiger charge is -2.12. The van der Waals surface area contributed by atoms with Crippen LogP contribution < -0.4 is 16.4 Å². The predicted octanol–water partition coefficient (Wildman–Crippen LogP) is 0.993. The number of nitrogen functional groups attached to an aromatic ring is 1. The molecule has 0 unspecified atom stereocenters. The number of nitrogens with two attached hydrogens (primary N) is 1.